The highest BCUT2D eigenvalue weighted by Gasteiger charge is 2.23. The van der Waals surface area contributed by atoms with Crippen LogP contribution in [0.15, 0.2) is 65.3 Å². The fourth-order valence-electron chi connectivity index (χ4n) is 3.53. The summed E-state index contributed by atoms with van der Waals surface area (Å²) in [5, 5.41) is 11.0. The number of nitrogens with one attached hydrogen (secondary N) is 1. The Morgan fingerprint density at radius 2 is 1.91 bits per heavy atom. The average molecular weight is 441 g/mol. The topological polar surface area (TPSA) is 133 Å². The minimum atomic E-state index is -0.374. The van der Waals surface area contributed by atoms with Crippen molar-refractivity contribution in [3.63, 3.8) is 0 Å². The second-order valence-electron chi connectivity index (χ2n) is 7.22. The van der Waals surface area contributed by atoms with Gasteiger partial charge in [-0.2, -0.15) is 4.98 Å². The van der Waals surface area contributed by atoms with Gasteiger partial charge in [-0.25, -0.2) is 9.50 Å². The molecule has 164 valence electrons. The van der Waals surface area contributed by atoms with Crippen LogP contribution in [-0.2, 0) is 0 Å². The van der Waals surface area contributed by atoms with Crippen LogP contribution in [0.2, 0.25) is 0 Å². The minimum absolute atomic E-state index is 0.189. The Labute approximate surface area is 188 Å². The van der Waals surface area contributed by atoms with Crippen LogP contribution in [0, 0.1) is 6.92 Å². The molecular formula is C23H19N7O3. The predicted molar refractivity (Wildman–Crippen MR) is 122 cm³/mol. The highest BCUT2D eigenvalue weighted by Crippen LogP contribution is 2.30. The maximum Gasteiger partial charge on any atom is 0.261 e. The summed E-state index contributed by atoms with van der Waals surface area (Å²) in [4.78, 5) is 21.9. The van der Waals surface area contributed by atoms with E-state index in [1.807, 2.05) is 42.5 Å². The smallest absolute Gasteiger partial charge is 0.261 e. The number of aryl methyl sites for hydroxylation is 1. The first-order valence-corrected chi connectivity index (χ1v) is 10.0. The number of hydrogen-bond donors (Lipinski definition) is 2. The van der Waals surface area contributed by atoms with E-state index in [9.17, 15) is 4.79 Å². The van der Waals surface area contributed by atoms with Crippen molar-refractivity contribution >= 4 is 23.2 Å². The third-order valence-electron chi connectivity index (χ3n) is 5.09. The average Bonchev–Trinajstić information content (AvgIpc) is 3.40. The fourth-order valence-corrected chi connectivity index (χ4v) is 3.53. The molecule has 5 aromatic rings. The number of nitrogens with zero attached hydrogens (tertiary/aromatic N) is 5. The van der Waals surface area contributed by atoms with Gasteiger partial charge in [-0.15, -0.1) is 5.10 Å². The Morgan fingerprint density at radius 1 is 1.09 bits per heavy atom. The first-order chi connectivity index (χ1) is 16.0. The molecule has 0 aliphatic carbocycles. The zero-order chi connectivity index (χ0) is 22.9. The van der Waals surface area contributed by atoms with E-state index in [0.29, 0.717) is 34.0 Å². The van der Waals surface area contributed by atoms with E-state index < -0.39 is 0 Å². The zero-order valence-corrected chi connectivity index (χ0v) is 17.8. The summed E-state index contributed by atoms with van der Waals surface area (Å²) in [5.74, 6) is 0.489. The zero-order valence-electron chi connectivity index (χ0n) is 17.8. The molecule has 0 atom stereocenters. The lowest BCUT2D eigenvalue weighted by molar-refractivity contribution is 0.102. The fraction of sp³-hybridized carbons (Fsp3) is 0.0870. The Hall–Kier alpha value is -4.73. The van der Waals surface area contributed by atoms with E-state index >= 15 is 0 Å². The molecule has 0 saturated heterocycles. The number of ether oxygens (including phenoxy) is 1. The molecule has 5 rings (SSSR count). The highest BCUT2D eigenvalue weighted by molar-refractivity contribution is 6.09. The number of anilines is 2. The lowest BCUT2D eigenvalue weighted by Gasteiger charge is -2.11. The van der Waals surface area contributed by atoms with Crippen molar-refractivity contribution in [3.8, 4) is 28.4 Å². The highest BCUT2D eigenvalue weighted by atomic mass is 16.5. The number of hydrogen-bond acceptors (Lipinski definition) is 8. The minimum Gasteiger partial charge on any atom is -0.479 e. The number of benzene rings is 1. The molecular weight excluding hydrogens is 422 g/mol. The molecule has 10 heteroatoms. The van der Waals surface area contributed by atoms with Crippen molar-refractivity contribution < 1.29 is 14.1 Å². The van der Waals surface area contributed by atoms with Crippen molar-refractivity contribution in [2.24, 2.45) is 0 Å². The largest absolute Gasteiger partial charge is 0.479 e. The second-order valence-corrected chi connectivity index (χ2v) is 7.22. The van der Waals surface area contributed by atoms with Gasteiger partial charge in [-0.1, -0.05) is 35.5 Å². The summed E-state index contributed by atoms with van der Waals surface area (Å²) in [6.07, 6.45) is 1.75. The van der Waals surface area contributed by atoms with Gasteiger partial charge in [0.2, 0.25) is 11.8 Å². The number of carbonyl (C=O) groups is 1. The monoisotopic (exact) mass is 441 g/mol. The number of rotatable bonds is 5. The normalized spacial score (nSPS) is 11.0. The van der Waals surface area contributed by atoms with Crippen LogP contribution < -0.4 is 15.8 Å². The molecule has 0 aliphatic rings. The molecule has 33 heavy (non-hydrogen) atoms. The van der Waals surface area contributed by atoms with Gasteiger partial charge < -0.3 is 20.3 Å². The van der Waals surface area contributed by atoms with Crippen molar-refractivity contribution in [3.05, 3.63) is 72.1 Å². The number of fused-ring (bicyclic) bond motifs is 1. The van der Waals surface area contributed by atoms with Crippen LogP contribution in [0.1, 0.15) is 16.1 Å². The first kappa shape index (κ1) is 20.2. The molecule has 0 aliphatic heterocycles. The molecule has 10 nitrogen and oxygen atoms in total. The van der Waals surface area contributed by atoms with Gasteiger partial charge >= 0.3 is 0 Å². The van der Waals surface area contributed by atoms with Crippen LogP contribution in [0.25, 0.3) is 28.2 Å². The standard InChI is InChI=1S/C23H19N7O3/c1-13-19(20(29-33-13)14-6-4-3-5-7-14)21(31)25-17-9-8-16(26-22(17)32-2)15-10-11-30-18(12-15)27-23(24)28-30/h3-12H,1-2H3,(H2,24,28)(H,25,31). The van der Waals surface area contributed by atoms with Crippen molar-refractivity contribution in [2.45, 2.75) is 6.92 Å². The van der Waals surface area contributed by atoms with E-state index in [1.54, 1.807) is 29.8 Å². The van der Waals surface area contributed by atoms with Gasteiger partial charge in [-0.05, 0) is 31.2 Å². The summed E-state index contributed by atoms with van der Waals surface area (Å²) in [7, 11) is 1.49. The van der Waals surface area contributed by atoms with Crippen LogP contribution in [-0.4, -0.2) is 37.8 Å². The number of aromatic nitrogens is 5. The van der Waals surface area contributed by atoms with Crippen LogP contribution in [0.3, 0.4) is 0 Å². The van der Waals surface area contributed by atoms with E-state index in [0.717, 1.165) is 11.1 Å². The number of pyridine rings is 2. The third-order valence-corrected chi connectivity index (χ3v) is 5.09. The number of carbonyl (C=O) groups excluding carboxylic acids is 1. The van der Waals surface area contributed by atoms with Crippen molar-refractivity contribution in [1.29, 1.82) is 0 Å². The molecule has 4 aromatic heterocycles. The predicted octanol–water partition coefficient (Wildman–Crippen LogP) is 3.60. The molecule has 1 aromatic carbocycles. The maximum atomic E-state index is 13.1. The third kappa shape index (κ3) is 3.74. The number of nitrogen functional groups attached to an aromatic ring is 1. The molecule has 3 N–H and O–H groups in total. The summed E-state index contributed by atoms with van der Waals surface area (Å²) in [6, 6.07) is 16.5. The number of nitrogens with two attached hydrogens (primary N) is 1. The Bertz CT molecular complexity index is 1470. The molecule has 0 fully saturated rings. The number of methoxy groups -OCH3 is 1. The van der Waals surface area contributed by atoms with Crippen LogP contribution in [0.5, 0.6) is 5.88 Å². The van der Waals surface area contributed by atoms with Crippen molar-refractivity contribution in [1.82, 2.24) is 24.7 Å². The summed E-state index contributed by atoms with van der Waals surface area (Å²) < 4.78 is 12.3. The van der Waals surface area contributed by atoms with Gasteiger partial charge in [0.1, 0.15) is 22.7 Å². The van der Waals surface area contributed by atoms with Gasteiger partial charge in [-0.3, -0.25) is 4.79 Å². The molecule has 4 heterocycles. The molecule has 0 unspecified atom stereocenters. The Balaban J connectivity index is 1.46. The van der Waals surface area contributed by atoms with Gasteiger partial charge in [0.25, 0.3) is 5.91 Å². The van der Waals surface area contributed by atoms with Crippen molar-refractivity contribution in [2.75, 3.05) is 18.2 Å². The number of amides is 1. The summed E-state index contributed by atoms with van der Waals surface area (Å²) >= 11 is 0. The second kappa shape index (κ2) is 8.08. The SMILES string of the molecule is COc1nc(-c2ccn3nc(N)nc3c2)ccc1NC(=O)c1c(-c2ccccc2)noc1C. The Morgan fingerprint density at radius 3 is 2.70 bits per heavy atom. The van der Waals surface area contributed by atoms with Gasteiger partial charge in [0.15, 0.2) is 5.65 Å². The Kier molecular flexibility index (Phi) is 4.94. The van der Waals surface area contributed by atoms with E-state index in [-0.39, 0.29) is 17.7 Å². The molecule has 0 bridgehead atoms. The first-order valence-electron chi connectivity index (χ1n) is 10.0. The maximum absolute atomic E-state index is 13.1. The molecule has 0 radical (unpaired) electrons. The van der Waals surface area contributed by atoms with Crippen LogP contribution in [0.4, 0.5) is 11.6 Å². The summed E-state index contributed by atoms with van der Waals surface area (Å²) in [5.41, 5.74) is 9.71. The molecule has 0 spiro atoms. The van der Waals surface area contributed by atoms with E-state index in [2.05, 4.69) is 25.5 Å². The van der Waals surface area contributed by atoms with Gasteiger partial charge in [0.05, 0.1) is 12.8 Å². The molecule has 0 saturated carbocycles. The van der Waals surface area contributed by atoms with Crippen LogP contribution >= 0.6 is 0 Å². The molecule has 1 amide bonds. The van der Waals surface area contributed by atoms with Gasteiger partial charge in [0, 0.05) is 17.3 Å². The quantitative estimate of drug-likeness (QED) is 0.423. The lowest BCUT2D eigenvalue weighted by atomic mass is 10.1. The van der Waals surface area contributed by atoms with E-state index in [1.165, 1.54) is 7.11 Å². The summed E-state index contributed by atoms with van der Waals surface area (Å²) in [6.45, 7) is 1.69. The van der Waals surface area contributed by atoms with E-state index in [4.69, 9.17) is 15.0 Å². The lowest BCUT2D eigenvalue weighted by Crippen LogP contribution is -2.14.